The van der Waals surface area contributed by atoms with Gasteiger partial charge < -0.3 is 0 Å². The van der Waals surface area contributed by atoms with E-state index < -0.39 is 17.2 Å². The number of nitrogens with zero attached hydrogens (tertiary/aromatic N) is 4. The molecule has 2 bridgehead atoms. The number of benzene rings is 1. The molecule has 0 aliphatic heterocycles. The normalized spacial score (nSPS) is 23.9. The molecule has 0 spiro atoms. The van der Waals surface area contributed by atoms with Crippen molar-refractivity contribution in [1.82, 2.24) is 12.6 Å². The van der Waals surface area contributed by atoms with Crippen molar-refractivity contribution in [1.29, 1.82) is 5.26 Å². The molecule has 7 nitrogen and oxygen atoms in total. The van der Waals surface area contributed by atoms with Crippen LogP contribution in [0.5, 0.6) is 0 Å². The number of aliphatic carboxylic acids is 1. The zero-order valence-corrected chi connectivity index (χ0v) is 23.1. The minimum absolute atomic E-state index is 0.208. The summed E-state index contributed by atoms with van der Waals surface area (Å²) in [5.41, 5.74) is 2.69. The van der Waals surface area contributed by atoms with Gasteiger partial charge in [-0.3, -0.25) is 0 Å². The van der Waals surface area contributed by atoms with Crippen LogP contribution in [0.1, 0.15) is 49.7 Å². The average molecular weight is 649 g/mol. The summed E-state index contributed by atoms with van der Waals surface area (Å²) in [6.45, 7) is 3.91. The zero-order valence-electron chi connectivity index (χ0n) is 18.6. The Balaban J connectivity index is 1.66. The van der Waals surface area contributed by atoms with E-state index in [2.05, 4.69) is 28.0 Å². The fourth-order valence-electron chi connectivity index (χ4n) is 5.89. The second kappa shape index (κ2) is 8.76. The molecule has 2 aliphatic rings. The third kappa shape index (κ3) is 3.61. The van der Waals surface area contributed by atoms with Gasteiger partial charge in [0.15, 0.2) is 0 Å². The van der Waals surface area contributed by atoms with E-state index >= 15 is 0 Å². The molecular weight excluding hydrogens is 626 g/mol. The first-order valence-corrected chi connectivity index (χ1v) is 13.4. The summed E-state index contributed by atoms with van der Waals surface area (Å²) in [4.78, 5) is 16.6. The molecule has 3 aromatic rings. The predicted octanol–water partition coefficient (Wildman–Crippen LogP) is 4.52. The number of rotatable bonds is 5. The van der Waals surface area contributed by atoms with Crippen LogP contribution in [-0.4, -0.2) is 55.8 Å². The van der Waals surface area contributed by atoms with Crippen LogP contribution in [0.15, 0.2) is 31.0 Å². The minimum atomic E-state index is -0.800. The molecule has 2 saturated carbocycles. The van der Waals surface area contributed by atoms with E-state index in [1.807, 2.05) is 6.07 Å². The molecule has 0 saturated heterocycles. The van der Waals surface area contributed by atoms with Crippen LogP contribution in [0.2, 0.25) is 0 Å². The van der Waals surface area contributed by atoms with Crippen molar-refractivity contribution in [3.8, 4) is 17.3 Å². The Bertz CT molecular complexity index is 1350. The Hall–Kier alpha value is -2.81. The predicted molar refractivity (Wildman–Crippen MR) is 128 cm³/mol. The van der Waals surface area contributed by atoms with Gasteiger partial charge >= 0.3 is 213 Å². The summed E-state index contributed by atoms with van der Waals surface area (Å²) < 4.78 is 15.8. The van der Waals surface area contributed by atoms with Crippen molar-refractivity contribution in [3.63, 3.8) is 0 Å². The van der Waals surface area contributed by atoms with Crippen LogP contribution in [0.25, 0.3) is 28.4 Å². The van der Waals surface area contributed by atoms with Gasteiger partial charge in [0, 0.05) is 0 Å². The Morgan fingerprint density at radius 2 is 2.09 bits per heavy atom. The third-order valence-corrected chi connectivity index (χ3v) is 8.90. The Kier molecular flexibility index (Phi) is 5.92. The number of hydrogen-bond donors (Lipinski definition) is 2. The molecule has 1 aromatic carbocycles. The molecule has 2 N–H and O–H groups in total. The Labute approximate surface area is 212 Å². The summed E-state index contributed by atoms with van der Waals surface area (Å²) in [5, 5.41) is 28.9. The van der Waals surface area contributed by atoms with Gasteiger partial charge in [0.05, 0.1) is 0 Å². The van der Waals surface area contributed by atoms with Gasteiger partial charge in [0.25, 0.3) is 0 Å². The molecular formula is C25H23FN5O2Tl. The van der Waals surface area contributed by atoms with Crippen molar-refractivity contribution in [2.24, 2.45) is 11.3 Å². The topological polar surface area (TPSA) is 104 Å². The second-order valence-electron chi connectivity index (χ2n) is 9.25. The van der Waals surface area contributed by atoms with Gasteiger partial charge in [-0.25, -0.2) is 0 Å². The molecule has 9 heteroatoms. The van der Waals surface area contributed by atoms with Gasteiger partial charge in [0.1, 0.15) is 0 Å². The molecule has 0 amide bonds. The molecule has 2 aliphatic carbocycles. The average Bonchev–Trinajstić information content (AvgIpc) is 3.13. The van der Waals surface area contributed by atoms with Crippen LogP contribution in [0.3, 0.4) is 0 Å². The van der Waals surface area contributed by atoms with Crippen molar-refractivity contribution >= 4 is 54.8 Å². The monoisotopic (exact) mass is 649 g/mol. The number of fused-ring (bicyclic) bond motifs is 3. The number of carboxylic acids is 1. The van der Waals surface area contributed by atoms with Crippen LogP contribution in [0.4, 0.5) is 10.1 Å². The third-order valence-electron chi connectivity index (χ3n) is 7.50. The van der Waals surface area contributed by atoms with E-state index in [4.69, 9.17) is 0 Å². The van der Waals surface area contributed by atoms with E-state index in [1.54, 1.807) is 14.6 Å². The first-order valence-electron chi connectivity index (χ1n) is 11.4. The molecule has 2 fully saturated rings. The first-order chi connectivity index (χ1) is 16.4. The van der Waals surface area contributed by atoms with E-state index in [-0.39, 0.29) is 12.0 Å². The first kappa shape index (κ1) is 23.0. The Morgan fingerprint density at radius 3 is 2.74 bits per heavy atom. The van der Waals surface area contributed by atoms with Crippen LogP contribution in [-0.2, 0) is 4.79 Å². The SMILES string of the molecule is C=Cc1cc(C#N)c(-c2n[n]([Tl])c3ncc(F)cc23)cc1NC1C2CCCC1(C(=O)O)CCC2. The summed E-state index contributed by atoms with van der Waals surface area (Å²) in [6.07, 6.45) is 8.00. The molecule has 2 aromatic heterocycles. The van der Waals surface area contributed by atoms with Gasteiger partial charge in [0.2, 0.25) is 0 Å². The number of pyridine rings is 1. The summed E-state index contributed by atoms with van der Waals surface area (Å²) in [6, 6.07) is 7.00. The number of hydrogen-bond acceptors (Lipinski definition) is 5. The standard InChI is InChI=1S/C25H24FN5O2.Tl/c1-2-14-9-16(12-27)18(21-19-10-17(26)13-28-23(19)31-30-21)11-20(14)29-22-15-5-3-7-25(22,24(32)33)8-4-6-15;/h2,9-11,13,15,22,29H,1,3-8H2,(H2,28,30,31,32,33);/q;+1/p-1. The number of halogens is 1. The van der Waals surface area contributed by atoms with Crippen molar-refractivity contribution in [3.05, 3.63) is 47.9 Å². The second-order valence-corrected chi connectivity index (χ2v) is 11.1. The van der Waals surface area contributed by atoms with E-state index in [0.717, 1.165) is 36.9 Å². The van der Waals surface area contributed by atoms with Crippen LogP contribution < -0.4 is 5.32 Å². The van der Waals surface area contributed by atoms with Crippen LogP contribution in [0, 0.1) is 28.5 Å². The molecule has 1 atom stereocenters. The fraction of sp³-hybridized carbons (Fsp3) is 0.360. The van der Waals surface area contributed by atoms with E-state index in [0.29, 0.717) is 66.8 Å². The van der Waals surface area contributed by atoms with E-state index in [9.17, 15) is 19.6 Å². The van der Waals surface area contributed by atoms with Crippen molar-refractivity contribution in [2.45, 2.75) is 44.6 Å². The van der Waals surface area contributed by atoms with E-state index in [1.165, 1.54) is 12.3 Å². The summed E-state index contributed by atoms with van der Waals surface area (Å²) in [7, 11) is 0. The maximum atomic E-state index is 14.0. The molecule has 1 unspecified atom stereocenters. The van der Waals surface area contributed by atoms with Gasteiger partial charge in [-0.2, -0.15) is 0 Å². The quantitative estimate of drug-likeness (QED) is 0.395. The molecule has 2 heterocycles. The number of anilines is 1. The summed E-state index contributed by atoms with van der Waals surface area (Å²) in [5.74, 6) is -0.937. The van der Waals surface area contributed by atoms with Crippen molar-refractivity contribution < 1.29 is 14.3 Å². The maximum absolute atomic E-state index is 14.0. The summed E-state index contributed by atoms with van der Waals surface area (Å²) >= 11 is 0.312. The number of carboxylic acid groups (broad SMARTS) is 1. The van der Waals surface area contributed by atoms with Crippen LogP contribution >= 0.6 is 0 Å². The zero-order chi connectivity index (χ0) is 24.0. The van der Waals surface area contributed by atoms with Gasteiger partial charge in [-0.05, 0) is 0 Å². The molecule has 5 rings (SSSR count). The fourth-order valence-corrected chi connectivity index (χ4v) is 7.14. The number of aromatic nitrogens is 3. The molecule has 0 radical (unpaired) electrons. The number of nitriles is 1. The number of carbonyl (C=O) groups is 1. The van der Waals surface area contributed by atoms with Gasteiger partial charge in [-0.1, -0.05) is 0 Å². The van der Waals surface area contributed by atoms with Crippen molar-refractivity contribution in [2.75, 3.05) is 5.32 Å². The number of nitrogens with one attached hydrogen (secondary N) is 1. The van der Waals surface area contributed by atoms with Gasteiger partial charge in [-0.15, -0.1) is 0 Å². The molecule has 170 valence electrons. The molecule has 34 heavy (non-hydrogen) atoms. The Morgan fingerprint density at radius 1 is 1.35 bits per heavy atom.